The molecule has 0 fully saturated rings. The summed E-state index contributed by atoms with van der Waals surface area (Å²) >= 11 is 4.43. The highest BCUT2D eigenvalue weighted by Crippen LogP contribution is 2.30. The fourth-order valence-corrected chi connectivity index (χ4v) is 2.63. The maximum Gasteiger partial charge on any atom is 0.163 e. The summed E-state index contributed by atoms with van der Waals surface area (Å²) in [6, 6.07) is 5.18. The Labute approximate surface area is 137 Å². The van der Waals surface area contributed by atoms with Crippen LogP contribution in [0.15, 0.2) is 23.8 Å². The normalized spacial score (nSPS) is 19.0. The predicted molar refractivity (Wildman–Crippen MR) is 89.7 cm³/mol. The first-order valence-electron chi connectivity index (χ1n) is 6.86. The summed E-state index contributed by atoms with van der Waals surface area (Å²) in [6.07, 6.45) is 1.11. The Bertz CT molecular complexity index is 617. The van der Waals surface area contributed by atoms with Crippen LogP contribution in [0.25, 0.3) is 6.08 Å². The molecule has 0 radical (unpaired) electrons. The van der Waals surface area contributed by atoms with E-state index in [9.17, 15) is 14.5 Å². The Kier molecular flexibility index (Phi) is 5.19. The van der Waals surface area contributed by atoms with Gasteiger partial charge in [0.25, 0.3) is 0 Å². The van der Waals surface area contributed by atoms with Crippen molar-refractivity contribution in [2.75, 3.05) is 5.32 Å². The van der Waals surface area contributed by atoms with Crippen molar-refractivity contribution in [3.05, 3.63) is 34.4 Å². The Balaban J connectivity index is 2.16. The number of nitrogens with two attached hydrogens (primary N) is 1. The number of hydrogen-bond donors (Lipinski definition) is 3. The van der Waals surface area contributed by atoms with E-state index >= 15 is 0 Å². The van der Waals surface area contributed by atoms with Crippen LogP contribution < -0.4 is 10.5 Å². The van der Waals surface area contributed by atoms with Gasteiger partial charge in [-0.2, -0.15) is 5.14 Å². The summed E-state index contributed by atoms with van der Waals surface area (Å²) in [7, 11) is 0. The fraction of sp³-hybridized carbons (Fsp3) is 0.400. The first-order chi connectivity index (χ1) is 10.2. The Morgan fingerprint density at radius 2 is 2.23 bits per heavy atom. The lowest BCUT2D eigenvalue weighted by molar-refractivity contribution is -0.116. The maximum absolute atomic E-state index is 12.3. The van der Waals surface area contributed by atoms with Crippen molar-refractivity contribution < 1.29 is 14.5 Å². The average molecular weight is 343 g/mol. The van der Waals surface area contributed by atoms with Gasteiger partial charge in [-0.1, -0.05) is 11.6 Å². The van der Waals surface area contributed by atoms with Crippen LogP contribution in [-0.4, -0.2) is 26.4 Å². The van der Waals surface area contributed by atoms with Crippen molar-refractivity contribution in [1.29, 1.82) is 0 Å². The van der Waals surface area contributed by atoms with E-state index in [1.165, 1.54) is 0 Å². The molecule has 5 nitrogen and oxygen atoms in total. The molecule has 0 spiro atoms. The summed E-state index contributed by atoms with van der Waals surface area (Å²) in [5.41, 5.74) is 1.74. The number of aliphatic hydroxyl groups excluding tert-OH is 1. The summed E-state index contributed by atoms with van der Waals surface area (Å²) in [5.74, 6) is -0.204. The summed E-state index contributed by atoms with van der Waals surface area (Å²) < 4.78 is 10.8. The molecule has 0 saturated carbocycles. The van der Waals surface area contributed by atoms with Crippen molar-refractivity contribution in [1.82, 2.24) is 0 Å². The molecule has 2 unspecified atom stereocenters. The molecule has 4 N–H and O–H groups in total. The van der Waals surface area contributed by atoms with Crippen LogP contribution in [0.3, 0.4) is 0 Å². The molecule has 2 atom stereocenters. The maximum atomic E-state index is 12.3. The molecule has 0 saturated heterocycles. The van der Waals surface area contributed by atoms with Crippen LogP contribution in [0.2, 0.25) is 5.02 Å². The molecule has 0 bridgehead atoms. The molecular weight excluding hydrogens is 324 g/mol. The second kappa shape index (κ2) is 6.60. The van der Waals surface area contributed by atoms with Gasteiger partial charge in [0, 0.05) is 40.5 Å². The minimum Gasteiger partial charge on any atom is -0.598 e. The third-order valence-corrected chi connectivity index (χ3v) is 5.26. The fourth-order valence-electron chi connectivity index (χ4n) is 2.15. The summed E-state index contributed by atoms with van der Waals surface area (Å²) in [6.45, 7) is 3.49. The number of rotatable bonds is 5. The Morgan fingerprint density at radius 1 is 1.55 bits per heavy atom. The number of fused-ring (bicyclic) bond motifs is 1. The molecule has 1 heterocycles. The van der Waals surface area contributed by atoms with E-state index < -0.39 is 22.3 Å². The highest BCUT2D eigenvalue weighted by atomic mass is 35.5. The van der Waals surface area contributed by atoms with Crippen molar-refractivity contribution in [3.63, 3.8) is 0 Å². The molecule has 2 rings (SSSR count). The van der Waals surface area contributed by atoms with Gasteiger partial charge in [-0.15, -0.1) is 0 Å². The van der Waals surface area contributed by atoms with Gasteiger partial charge >= 0.3 is 0 Å². The highest BCUT2D eigenvalue weighted by molar-refractivity contribution is 7.90. The Hall–Kier alpha value is -1.05. The van der Waals surface area contributed by atoms with Crippen LogP contribution in [0.1, 0.15) is 32.3 Å². The standard InChI is InChI=1S/C15H19ClN2O3S/c1-15(2,22(17)21)6-5-13(19)11-8-9-7-10(16)3-4-12(9)18-14(11)20/h3-4,7-8,14,18,20H,5-6,17H2,1-2H3. The van der Waals surface area contributed by atoms with Crippen molar-refractivity contribution in [2.24, 2.45) is 5.14 Å². The van der Waals surface area contributed by atoms with Crippen LogP contribution in [0.4, 0.5) is 5.69 Å². The summed E-state index contributed by atoms with van der Waals surface area (Å²) in [4.78, 5) is 12.3. The van der Waals surface area contributed by atoms with E-state index in [2.05, 4.69) is 5.32 Å². The van der Waals surface area contributed by atoms with Gasteiger partial charge < -0.3 is 15.0 Å². The zero-order valence-corrected chi connectivity index (χ0v) is 14.0. The van der Waals surface area contributed by atoms with Crippen molar-refractivity contribution >= 4 is 40.5 Å². The van der Waals surface area contributed by atoms with Gasteiger partial charge in [0.15, 0.2) is 12.0 Å². The van der Waals surface area contributed by atoms with E-state index in [1.807, 2.05) is 0 Å². The van der Waals surface area contributed by atoms with Gasteiger partial charge in [-0.05, 0) is 43.7 Å². The number of carbonyl (C=O) groups excluding carboxylic acids is 1. The highest BCUT2D eigenvalue weighted by Gasteiger charge is 2.32. The number of halogens is 1. The van der Waals surface area contributed by atoms with Crippen molar-refractivity contribution in [2.45, 2.75) is 37.7 Å². The smallest absolute Gasteiger partial charge is 0.163 e. The molecule has 120 valence electrons. The molecule has 0 aromatic heterocycles. The number of Topliss-reactive ketones (excluding diaryl/α,β-unsaturated/α-hetero) is 1. The number of aliphatic hydroxyl groups is 1. The van der Waals surface area contributed by atoms with Crippen LogP contribution >= 0.6 is 11.6 Å². The van der Waals surface area contributed by atoms with Gasteiger partial charge in [0.1, 0.15) is 4.75 Å². The van der Waals surface area contributed by atoms with E-state index in [0.717, 1.165) is 11.3 Å². The predicted octanol–water partition coefficient (Wildman–Crippen LogP) is 2.22. The second-order valence-electron chi connectivity index (χ2n) is 5.86. The van der Waals surface area contributed by atoms with Crippen LogP contribution in [0.5, 0.6) is 0 Å². The van der Waals surface area contributed by atoms with Gasteiger partial charge in [-0.25, -0.2) is 0 Å². The average Bonchev–Trinajstić information content (AvgIpc) is 2.44. The number of nitrogens with one attached hydrogen (secondary N) is 1. The molecule has 7 heteroatoms. The first-order valence-corrected chi connectivity index (χ1v) is 8.45. The lowest BCUT2D eigenvalue weighted by Gasteiger charge is -2.26. The molecule has 0 amide bonds. The van der Waals surface area contributed by atoms with E-state index in [1.54, 1.807) is 38.1 Å². The SMILES string of the molecule is CC(C)(CCC(=O)C1=Cc2cc(Cl)ccc2NC1O)[S+](N)[O-]. The van der Waals surface area contributed by atoms with E-state index in [-0.39, 0.29) is 17.8 Å². The van der Waals surface area contributed by atoms with E-state index in [0.29, 0.717) is 11.4 Å². The first kappa shape index (κ1) is 17.3. The lowest BCUT2D eigenvalue weighted by Crippen LogP contribution is -2.38. The molecular formula is C15H19ClN2O3S. The van der Waals surface area contributed by atoms with Gasteiger partial charge in [-0.3, -0.25) is 4.79 Å². The van der Waals surface area contributed by atoms with Crippen LogP contribution in [-0.2, 0) is 16.2 Å². The van der Waals surface area contributed by atoms with E-state index in [4.69, 9.17) is 16.7 Å². The molecule has 0 aliphatic carbocycles. The molecule has 1 aliphatic heterocycles. The number of ketones is 1. The Morgan fingerprint density at radius 3 is 2.86 bits per heavy atom. The third-order valence-electron chi connectivity index (χ3n) is 3.73. The molecule has 1 aliphatic rings. The topological polar surface area (TPSA) is 98.4 Å². The number of benzene rings is 1. The molecule has 1 aromatic carbocycles. The minimum atomic E-state index is -1.51. The third kappa shape index (κ3) is 3.83. The zero-order chi connectivity index (χ0) is 16.5. The second-order valence-corrected chi connectivity index (χ2v) is 7.99. The molecule has 1 aromatic rings. The minimum absolute atomic E-state index is 0.163. The van der Waals surface area contributed by atoms with Crippen molar-refractivity contribution in [3.8, 4) is 0 Å². The molecule has 22 heavy (non-hydrogen) atoms. The number of anilines is 1. The zero-order valence-electron chi connectivity index (χ0n) is 12.4. The quantitative estimate of drug-likeness (QED) is 0.713. The lowest BCUT2D eigenvalue weighted by atomic mass is 9.95. The number of hydrogen-bond acceptors (Lipinski definition) is 5. The van der Waals surface area contributed by atoms with Crippen LogP contribution in [0, 0.1) is 0 Å². The largest absolute Gasteiger partial charge is 0.598 e. The summed E-state index contributed by atoms with van der Waals surface area (Å²) in [5, 5.41) is 18.9. The van der Waals surface area contributed by atoms with Gasteiger partial charge in [0.05, 0.1) is 0 Å². The van der Waals surface area contributed by atoms with Gasteiger partial charge in [0.2, 0.25) is 0 Å². The number of carbonyl (C=O) groups is 1. The monoisotopic (exact) mass is 342 g/mol.